The van der Waals surface area contributed by atoms with Crippen molar-refractivity contribution in [1.82, 2.24) is 15.5 Å². The SMILES string of the molecule is O=C(NCCCO)NCC(CCC(=O)N1CCC(O)(C2C=CC(Cl)=CC2)CC1)(c1ccccc1)c1ccccc1. The van der Waals surface area contributed by atoms with Crippen molar-refractivity contribution in [2.45, 2.75) is 49.5 Å². The zero-order valence-electron chi connectivity index (χ0n) is 22.9. The van der Waals surface area contributed by atoms with Gasteiger partial charge in [0, 0.05) is 55.6 Å². The van der Waals surface area contributed by atoms with E-state index in [2.05, 4.69) is 10.6 Å². The van der Waals surface area contributed by atoms with Crippen LogP contribution >= 0.6 is 11.6 Å². The Bertz CT molecular complexity index is 1140. The number of hydrogen-bond acceptors (Lipinski definition) is 4. The lowest BCUT2D eigenvalue weighted by Crippen LogP contribution is -2.50. The first-order chi connectivity index (χ1) is 19.4. The molecule has 2 aromatic rings. The predicted octanol–water partition coefficient (Wildman–Crippen LogP) is 4.49. The number of aliphatic hydroxyl groups is 2. The number of halogens is 1. The van der Waals surface area contributed by atoms with Crippen LogP contribution < -0.4 is 10.6 Å². The van der Waals surface area contributed by atoms with Gasteiger partial charge in [0.1, 0.15) is 0 Å². The molecule has 2 aliphatic rings. The van der Waals surface area contributed by atoms with Gasteiger partial charge in [0.25, 0.3) is 0 Å². The monoisotopic (exact) mass is 565 g/mol. The highest BCUT2D eigenvalue weighted by Gasteiger charge is 2.40. The first kappa shape index (κ1) is 29.8. The number of urea groups is 1. The van der Waals surface area contributed by atoms with Crippen molar-refractivity contribution in [2.24, 2.45) is 5.92 Å². The minimum Gasteiger partial charge on any atom is -0.396 e. The quantitative estimate of drug-likeness (QED) is 0.302. The van der Waals surface area contributed by atoms with Crippen LogP contribution in [0.4, 0.5) is 4.79 Å². The number of carbonyl (C=O) groups excluding carboxylic acids is 2. The van der Waals surface area contributed by atoms with E-state index in [-0.39, 0.29) is 24.5 Å². The number of allylic oxidation sites excluding steroid dienone is 3. The van der Waals surface area contributed by atoms with Crippen LogP contribution in [0.3, 0.4) is 0 Å². The molecule has 1 unspecified atom stereocenters. The Labute approximate surface area is 241 Å². The van der Waals surface area contributed by atoms with Crippen LogP contribution in [0.15, 0.2) is 83.9 Å². The molecule has 40 heavy (non-hydrogen) atoms. The third-order valence-corrected chi connectivity index (χ3v) is 8.60. The van der Waals surface area contributed by atoms with E-state index in [0.29, 0.717) is 69.7 Å². The van der Waals surface area contributed by atoms with Gasteiger partial charge in [-0.25, -0.2) is 4.79 Å². The Morgan fingerprint density at radius 2 is 1.62 bits per heavy atom. The molecule has 3 amide bonds. The van der Waals surface area contributed by atoms with Crippen molar-refractivity contribution in [3.05, 3.63) is 95.1 Å². The number of nitrogens with one attached hydrogen (secondary N) is 2. The van der Waals surface area contributed by atoms with Crippen molar-refractivity contribution < 1.29 is 19.8 Å². The lowest BCUT2D eigenvalue weighted by Gasteiger charge is -2.43. The summed E-state index contributed by atoms with van der Waals surface area (Å²) in [6, 6.07) is 19.7. The van der Waals surface area contributed by atoms with Crippen LogP contribution in [-0.2, 0) is 10.2 Å². The molecule has 0 bridgehead atoms. The largest absolute Gasteiger partial charge is 0.396 e. The summed E-state index contributed by atoms with van der Waals surface area (Å²) in [4.78, 5) is 28.0. The van der Waals surface area contributed by atoms with Gasteiger partial charge in [-0.3, -0.25) is 4.79 Å². The number of benzene rings is 2. The molecule has 0 saturated carbocycles. The summed E-state index contributed by atoms with van der Waals surface area (Å²) in [5, 5.41) is 26.9. The molecule has 1 aliphatic heterocycles. The topological polar surface area (TPSA) is 102 Å². The third kappa shape index (κ3) is 7.33. The maximum atomic E-state index is 13.5. The number of carbonyl (C=O) groups is 2. The van der Waals surface area contributed by atoms with E-state index in [1.54, 1.807) is 0 Å². The van der Waals surface area contributed by atoms with Crippen LogP contribution in [0.25, 0.3) is 0 Å². The Hall–Kier alpha value is -3.13. The fourth-order valence-electron chi connectivity index (χ4n) is 5.82. The average molecular weight is 566 g/mol. The van der Waals surface area contributed by atoms with E-state index in [0.717, 1.165) is 11.1 Å². The molecule has 7 nitrogen and oxygen atoms in total. The van der Waals surface area contributed by atoms with Gasteiger partial charge < -0.3 is 25.7 Å². The average Bonchev–Trinajstić information content (AvgIpc) is 2.99. The van der Waals surface area contributed by atoms with E-state index in [1.165, 1.54) is 0 Å². The number of hydrogen-bond donors (Lipinski definition) is 4. The van der Waals surface area contributed by atoms with Crippen molar-refractivity contribution in [1.29, 1.82) is 0 Å². The second-order valence-corrected chi connectivity index (χ2v) is 11.2. The van der Waals surface area contributed by atoms with Crippen LogP contribution in [0.2, 0.25) is 0 Å². The van der Waals surface area contributed by atoms with Crippen LogP contribution in [0.1, 0.15) is 49.7 Å². The normalized spacial score (nSPS) is 18.6. The van der Waals surface area contributed by atoms with Gasteiger partial charge in [-0.1, -0.05) is 84.4 Å². The van der Waals surface area contributed by atoms with Crippen molar-refractivity contribution in [3.63, 3.8) is 0 Å². The molecule has 0 aromatic heterocycles. The summed E-state index contributed by atoms with van der Waals surface area (Å²) in [6.07, 6.45) is 8.82. The Morgan fingerprint density at radius 1 is 1.00 bits per heavy atom. The number of nitrogens with zero attached hydrogens (tertiary/aromatic N) is 1. The molecule has 1 atom stereocenters. The standard InChI is InChI=1S/C32H40ClN3O4/c33-28-14-12-27(13-15-28)32(40)18-21-36(22-19-32)29(38)16-17-31(25-8-3-1-4-9-25,26-10-5-2-6-11-26)24-35-30(39)34-20-7-23-37/h1-6,8-12,14-15,27,37,40H,7,13,16-24H2,(H2,34,35,39). The molecule has 1 aliphatic carbocycles. The molecule has 4 N–H and O–H groups in total. The maximum Gasteiger partial charge on any atom is 0.314 e. The molecular weight excluding hydrogens is 526 g/mol. The van der Waals surface area contributed by atoms with Gasteiger partial charge in [-0.15, -0.1) is 0 Å². The fraction of sp³-hybridized carbons (Fsp3) is 0.438. The summed E-state index contributed by atoms with van der Waals surface area (Å²) in [6.45, 7) is 1.71. The van der Waals surface area contributed by atoms with Crippen LogP contribution in [-0.4, -0.2) is 65.4 Å². The Morgan fingerprint density at radius 3 is 2.17 bits per heavy atom. The van der Waals surface area contributed by atoms with Crippen molar-refractivity contribution in [3.8, 4) is 0 Å². The van der Waals surface area contributed by atoms with Crippen molar-refractivity contribution in [2.75, 3.05) is 32.8 Å². The molecular formula is C32H40ClN3O4. The van der Waals surface area contributed by atoms with E-state index >= 15 is 0 Å². The smallest absolute Gasteiger partial charge is 0.314 e. The van der Waals surface area contributed by atoms with E-state index < -0.39 is 11.0 Å². The molecule has 0 spiro atoms. The molecule has 214 valence electrons. The predicted molar refractivity (Wildman–Crippen MR) is 158 cm³/mol. The molecule has 8 heteroatoms. The lowest BCUT2D eigenvalue weighted by molar-refractivity contribution is -0.137. The molecule has 1 fully saturated rings. The number of piperidine rings is 1. The summed E-state index contributed by atoms with van der Waals surface area (Å²) < 4.78 is 0. The minimum atomic E-state index is -0.841. The third-order valence-electron chi connectivity index (χ3n) is 8.32. The molecule has 1 saturated heterocycles. The van der Waals surface area contributed by atoms with Gasteiger partial charge in [-0.2, -0.15) is 0 Å². The number of amides is 3. The fourth-order valence-corrected chi connectivity index (χ4v) is 5.98. The molecule has 0 radical (unpaired) electrons. The van der Waals surface area contributed by atoms with Gasteiger partial charge >= 0.3 is 6.03 Å². The highest BCUT2D eigenvalue weighted by molar-refractivity contribution is 6.31. The summed E-state index contributed by atoms with van der Waals surface area (Å²) in [5.41, 5.74) is 0.579. The summed E-state index contributed by atoms with van der Waals surface area (Å²) in [5.74, 6) is 0.0541. The van der Waals surface area contributed by atoms with E-state index in [1.807, 2.05) is 83.8 Å². The Balaban J connectivity index is 1.48. The summed E-state index contributed by atoms with van der Waals surface area (Å²) >= 11 is 6.06. The highest BCUT2D eigenvalue weighted by atomic mass is 35.5. The first-order valence-electron chi connectivity index (χ1n) is 14.1. The number of rotatable bonds is 11. The number of likely N-dealkylation sites (tertiary alicyclic amines) is 1. The maximum absolute atomic E-state index is 13.5. The van der Waals surface area contributed by atoms with Gasteiger partial charge in [0.2, 0.25) is 5.91 Å². The van der Waals surface area contributed by atoms with Crippen molar-refractivity contribution >= 4 is 23.5 Å². The zero-order valence-corrected chi connectivity index (χ0v) is 23.7. The van der Waals surface area contributed by atoms with E-state index in [9.17, 15) is 14.7 Å². The Kier molecular flexibility index (Phi) is 10.4. The highest BCUT2D eigenvalue weighted by Crippen LogP contribution is 2.38. The summed E-state index contributed by atoms with van der Waals surface area (Å²) in [7, 11) is 0. The van der Waals surface area contributed by atoms with Crippen LogP contribution in [0.5, 0.6) is 0 Å². The molecule has 4 rings (SSSR count). The van der Waals surface area contributed by atoms with Crippen LogP contribution in [0, 0.1) is 5.92 Å². The molecule has 2 aromatic carbocycles. The first-order valence-corrected chi connectivity index (χ1v) is 14.5. The van der Waals surface area contributed by atoms with Gasteiger partial charge in [0.15, 0.2) is 0 Å². The lowest BCUT2D eigenvalue weighted by atomic mass is 9.71. The van der Waals surface area contributed by atoms with E-state index in [4.69, 9.17) is 16.7 Å². The van der Waals surface area contributed by atoms with Gasteiger partial charge in [0.05, 0.1) is 5.60 Å². The van der Waals surface area contributed by atoms with Gasteiger partial charge in [-0.05, 0) is 49.3 Å². The second-order valence-electron chi connectivity index (χ2n) is 10.8. The molecule has 1 heterocycles. The second kappa shape index (κ2) is 14.0. The number of aliphatic hydroxyl groups excluding tert-OH is 1. The minimum absolute atomic E-state index is 0.00524. The zero-order chi connectivity index (χ0) is 28.4.